The van der Waals surface area contributed by atoms with Crippen molar-refractivity contribution < 1.29 is 4.74 Å². The lowest BCUT2D eigenvalue weighted by Crippen LogP contribution is -2.78. The molecule has 2 aliphatic carbocycles. The van der Waals surface area contributed by atoms with Crippen LogP contribution in [0.25, 0.3) is 0 Å². The summed E-state index contributed by atoms with van der Waals surface area (Å²) in [6, 6.07) is 0.756. The van der Waals surface area contributed by atoms with Gasteiger partial charge >= 0.3 is 0 Å². The number of nitrogens with zero attached hydrogens (tertiary/aromatic N) is 1. The minimum absolute atomic E-state index is 0.0552. The fraction of sp³-hybridized carbons (Fsp3) is 1.00. The third kappa shape index (κ3) is 1.97. The Morgan fingerprint density at radius 2 is 1.84 bits per heavy atom. The van der Waals surface area contributed by atoms with Gasteiger partial charge in [-0.25, -0.2) is 0 Å². The first-order valence-electron chi connectivity index (χ1n) is 8.07. The van der Waals surface area contributed by atoms with Gasteiger partial charge < -0.3 is 15.4 Å². The van der Waals surface area contributed by atoms with E-state index < -0.39 is 0 Å². The minimum Gasteiger partial charge on any atom is -0.377 e. The number of hydrogen-bond acceptors (Lipinski definition) is 3. The van der Waals surface area contributed by atoms with Crippen LogP contribution in [0.5, 0.6) is 0 Å². The predicted octanol–water partition coefficient (Wildman–Crippen LogP) is 2.39. The van der Waals surface area contributed by atoms with Gasteiger partial charge in [0.15, 0.2) is 0 Å². The SMILES string of the molecule is CN(CC1(N)C2CCOC2C1(C)C)C1CCCCC1. The Labute approximate surface area is 117 Å². The topological polar surface area (TPSA) is 38.5 Å². The molecule has 110 valence electrons. The van der Waals surface area contributed by atoms with Crippen molar-refractivity contribution in [1.82, 2.24) is 4.90 Å². The van der Waals surface area contributed by atoms with E-state index in [0.29, 0.717) is 12.0 Å². The second kappa shape index (κ2) is 4.71. The predicted molar refractivity (Wildman–Crippen MR) is 78.0 cm³/mol. The molecule has 1 heterocycles. The normalized spacial score (nSPS) is 42.2. The Bertz CT molecular complexity index is 338. The van der Waals surface area contributed by atoms with Crippen LogP contribution >= 0.6 is 0 Å². The van der Waals surface area contributed by atoms with Gasteiger partial charge in [0.2, 0.25) is 0 Å². The number of hydrogen-bond donors (Lipinski definition) is 1. The molecule has 0 aromatic rings. The van der Waals surface area contributed by atoms with E-state index in [9.17, 15) is 0 Å². The van der Waals surface area contributed by atoms with Gasteiger partial charge in [-0.1, -0.05) is 33.1 Å². The Morgan fingerprint density at radius 3 is 2.53 bits per heavy atom. The van der Waals surface area contributed by atoms with Gasteiger partial charge in [-0.05, 0) is 26.3 Å². The van der Waals surface area contributed by atoms with Crippen LogP contribution in [0.2, 0.25) is 0 Å². The fourth-order valence-electron chi connectivity index (χ4n) is 4.86. The highest BCUT2D eigenvalue weighted by atomic mass is 16.5. The monoisotopic (exact) mass is 266 g/mol. The smallest absolute Gasteiger partial charge is 0.0691 e. The first-order valence-corrected chi connectivity index (χ1v) is 8.07. The van der Waals surface area contributed by atoms with E-state index >= 15 is 0 Å². The average Bonchev–Trinajstić information content (AvgIpc) is 2.88. The van der Waals surface area contributed by atoms with E-state index in [4.69, 9.17) is 10.5 Å². The van der Waals surface area contributed by atoms with Crippen molar-refractivity contribution in [3.63, 3.8) is 0 Å². The molecule has 0 aromatic heterocycles. The second-order valence-electron chi connectivity index (χ2n) is 7.66. The van der Waals surface area contributed by atoms with Gasteiger partial charge in [0.05, 0.1) is 6.10 Å². The van der Waals surface area contributed by atoms with Crippen molar-refractivity contribution in [3.8, 4) is 0 Å². The van der Waals surface area contributed by atoms with E-state index in [1.54, 1.807) is 0 Å². The lowest BCUT2D eigenvalue weighted by atomic mass is 9.48. The first-order chi connectivity index (χ1) is 8.97. The van der Waals surface area contributed by atoms with Crippen LogP contribution in [-0.4, -0.2) is 42.8 Å². The molecule has 1 aliphatic heterocycles. The molecule has 3 fully saturated rings. The molecule has 0 bridgehead atoms. The van der Waals surface area contributed by atoms with Crippen LogP contribution in [0.4, 0.5) is 0 Å². The van der Waals surface area contributed by atoms with E-state index in [-0.39, 0.29) is 11.0 Å². The van der Waals surface area contributed by atoms with Crippen molar-refractivity contribution in [2.75, 3.05) is 20.2 Å². The molecule has 3 atom stereocenters. The highest BCUT2D eigenvalue weighted by Crippen LogP contribution is 2.58. The summed E-state index contributed by atoms with van der Waals surface area (Å²) >= 11 is 0. The van der Waals surface area contributed by atoms with Crippen molar-refractivity contribution in [3.05, 3.63) is 0 Å². The van der Waals surface area contributed by atoms with E-state index in [2.05, 4.69) is 25.8 Å². The van der Waals surface area contributed by atoms with Gasteiger partial charge in [-0.15, -0.1) is 0 Å². The molecule has 0 spiro atoms. The Balaban J connectivity index is 1.67. The lowest BCUT2D eigenvalue weighted by molar-refractivity contribution is -0.164. The summed E-state index contributed by atoms with van der Waals surface area (Å²) < 4.78 is 5.89. The second-order valence-corrected chi connectivity index (χ2v) is 7.66. The van der Waals surface area contributed by atoms with E-state index in [1.165, 1.54) is 32.1 Å². The quantitative estimate of drug-likeness (QED) is 0.852. The molecular formula is C16H30N2O. The van der Waals surface area contributed by atoms with Gasteiger partial charge in [-0.3, -0.25) is 0 Å². The number of likely N-dealkylation sites (N-methyl/N-ethyl adjacent to an activating group) is 1. The van der Waals surface area contributed by atoms with E-state index in [1.807, 2.05) is 0 Å². The molecule has 3 rings (SSSR count). The summed E-state index contributed by atoms with van der Waals surface area (Å²) in [5, 5.41) is 0. The summed E-state index contributed by atoms with van der Waals surface area (Å²) in [6.07, 6.45) is 8.48. The fourth-order valence-corrected chi connectivity index (χ4v) is 4.86. The standard InChI is InChI=1S/C16H30N2O/c1-15(2)14-13(9-10-19-14)16(15,17)11-18(3)12-7-5-4-6-8-12/h12-14H,4-11,17H2,1-3H3. The van der Waals surface area contributed by atoms with E-state index in [0.717, 1.165) is 25.6 Å². The first kappa shape index (κ1) is 13.8. The van der Waals surface area contributed by atoms with Crippen molar-refractivity contribution >= 4 is 0 Å². The van der Waals surface area contributed by atoms with Crippen LogP contribution < -0.4 is 5.73 Å². The van der Waals surface area contributed by atoms with Gasteiger partial charge in [0.1, 0.15) is 0 Å². The molecule has 3 nitrogen and oxygen atoms in total. The van der Waals surface area contributed by atoms with Crippen LogP contribution in [-0.2, 0) is 4.74 Å². The van der Waals surface area contributed by atoms with Crippen LogP contribution in [0.15, 0.2) is 0 Å². The number of ether oxygens (including phenoxy) is 1. The molecule has 3 aliphatic rings. The zero-order valence-electron chi connectivity index (χ0n) is 12.8. The zero-order valence-corrected chi connectivity index (χ0v) is 12.8. The maximum atomic E-state index is 6.85. The minimum atomic E-state index is -0.0552. The highest BCUT2D eigenvalue weighted by molar-refractivity contribution is 5.21. The summed E-state index contributed by atoms with van der Waals surface area (Å²) in [5.41, 5.74) is 6.92. The summed E-state index contributed by atoms with van der Waals surface area (Å²) in [5.74, 6) is 0.577. The van der Waals surface area contributed by atoms with Crippen LogP contribution in [0.1, 0.15) is 52.4 Å². The maximum Gasteiger partial charge on any atom is 0.0691 e. The van der Waals surface area contributed by atoms with Crippen molar-refractivity contribution in [2.24, 2.45) is 17.1 Å². The third-order valence-corrected chi connectivity index (χ3v) is 6.37. The van der Waals surface area contributed by atoms with Crippen molar-refractivity contribution in [2.45, 2.75) is 70.1 Å². The molecular weight excluding hydrogens is 236 g/mol. The summed E-state index contributed by atoms with van der Waals surface area (Å²) in [4.78, 5) is 2.55. The molecule has 0 aromatic carbocycles. The van der Waals surface area contributed by atoms with Gasteiger partial charge in [-0.2, -0.15) is 0 Å². The largest absolute Gasteiger partial charge is 0.377 e. The number of fused-ring (bicyclic) bond motifs is 1. The van der Waals surface area contributed by atoms with Gasteiger partial charge in [0.25, 0.3) is 0 Å². The Morgan fingerprint density at radius 1 is 1.16 bits per heavy atom. The van der Waals surface area contributed by atoms with Gasteiger partial charge in [0, 0.05) is 36.1 Å². The molecule has 1 saturated heterocycles. The molecule has 19 heavy (non-hydrogen) atoms. The van der Waals surface area contributed by atoms with Crippen molar-refractivity contribution in [1.29, 1.82) is 0 Å². The average molecular weight is 266 g/mol. The number of nitrogens with two attached hydrogens (primary N) is 1. The maximum absolute atomic E-state index is 6.85. The number of rotatable bonds is 3. The van der Waals surface area contributed by atoms with Crippen LogP contribution in [0.3, 0.4) is 0 Å². The highest BCUT2D eigenvalue weighted by Gasteiger charge is 2.67. The third-order valence-electron chi connectivity index (χ3n) is 6.37. The molecule has 2 saturated carbocycles. The Hall–Kier alpha value is -0.120. The molecule has 3 heteroatoms. The lowest BCUT2D eigenvalue weighted by Gasteiger charge is -2.63. The van der Waals surface area contributed by atoms with Crippen LogP contribution in [0, 0.1) is 11.3 Å². The zero-order chi connectivity index (χ0) is 13.7. The summed E-state index contributed by atoms with van der Waals surface area (Å²) in [7, 11) is 2.28. The molecule has 2 N–H and O–H groups in total. The molecule has 0 amide bonds. The summed E-state index contributed by atoms with van der Waals surface area (Å²) in [6.45, 7) is 6.54. The Kier molecular flexibility index (Phi) is 3.43. The molecule has 0 radical (unpaired) electrons. The molecule has 3 unspecified atom stereocenters.